The van der Waals surface area contributed by atoms with Crippen LogP contribution in [-0.4, -0.2) is 47.3 Å². The standard InChI is InChI=1S/C20H36N4O3S/c1-8-12-28(26,27)23-11-9-10-15(14-23)18(25)21-17-13-16(19(2,3)4)22-24(17)20(5,6)7/h13,15H,8-12,14H2,1-7H3,(H,21,25). The van der Waals surface area contributed by atoms with Crippen molar-refractivity contribution in [2.24, 2.45) is 5.92 Å². The van der Waals surface area contributed by atoms with Gasteiger partial charge in [-0.2, -0.15) is 5.10 Å². The maximum atomic E-state index is 13.0. The largest absolute Gasteiger partial charge is 0.311 e. The van der Waals surface area contributed by atoms with E-state index in [-0.39, 0.29) is 35.1 Å². The topological polar surface area (TPSA) is 84.3 Å². The van der Waals surface area contributed by atoms with Crippen molar-refractivity contribution in [3.63, 3.8) is 0 Å². The summed E-state index contributed by atoms with van der Waals surface area (Å²) < 4.78 is 28.1. The summed E-state index contributed by atoms with van der Waals surface area (Å²) in [5, 5.41) is 7.75. The Bertz CT molecular complexity index is 800. The molecule has 1 amide bonds. The van der Waals surface area contributed by atoms with Crippen molar-refractivity contribution >= 4 is 21.7 Å². The van der Waals surface area contributed by atoms with Gasteiger partial charge in [-0.3, -0.25) is 4.79 Å². The van der Waals surface area contributed by atoms with Gasteiger partial charge in [0.25, 0.3) is 0 Å². The van der Waals surface area contributed by atoms with Gasteiger partial charge in [0.15, 0.2) is 0 Å². The Kier molecular flexibility index (Phi) is 6.65. The third-order valence-corrected chi connectivity index (χ3v) is 7.02. The molecule has 0 radical (unpaired) electrons. The van der Waals surface area contributed by atoms with Gasteiger partial charge in [-0.15, -0.1) is 0 Å². The van der Waals surface area contributed by atoms with Crippen molar-refractivity contribution < 1.29 is 13.2 Å². The van der Waals surface area contributed by atoms with Crippen LogP contribution in [0, 0.1) is 5.92 Å². The highest BCUT2D eigenvalue weighted by atomic mass is 32.2. The molecule has 0 spiro atoms. The minimum Gasteiger partial charge on any atom is -0.311 e. The molecule has 1 aliphatic rings. The molecule has 8 heteroatoms. The van der Waals surface area contributed by atoms with E-state index < -0.39 is 10.0 Å². The van der Waals surface area contributed by atoms with Crippen molar-refractivity contribution in [1.29, 1.82) is 0 Å². The summed E-state index contributed by atoms with van der Waals surface area (Å²) in [6.45, 7) is 15.0. The van der Waals surface area contributed by atoms with Crippen LogP contribution < -0.4 is 5.32 Å². The lowest BCUT2D eigenvalue weighted by Gasteiger charge is -2.31. The number of anilines is 1. The first-order chi connectivity index (χ1) is 12.8. The molecule has 1 aromatic rings. The highest BCUT2D eigenvalue weighted by Crippen LogP contribution is 2.29. The number of carbonyl (C=O) groups is 1. The summed E-state index contributed by atoms with van der Waals surface area (Å²) in [7, 11) is -3.28. The number of rotatable bonds is 5. The van der Waals surface area contributed by atoms with E-state index in [2.05, 4.69) is 26.1 Å². The number of aromatic nitrogens is 2. The number of carbonyl (C=O) groups excluding carboxylic acids is 1. The minimum absolute atomic E-state index is 0.132. The first kappa shape index (κ1) is 22.9. The molecular formula is C20H36N4O3S. The maximum absolute atomic E-state index is 13.0. The minimum atomic E-state index is -3.28. The molecule has 1 unspecified atom stereocenters. The molecule has 7 nitrogen and oxygen atoms in total. The molecule has 2 heterocycles. The molecule has 2 rings (SSSR count). The van der Waals surface area contributed by atoms with Crippen molar-refractivity contribution in [1.82, 2.24) is 14.1 Å². The fourth-order valence-corrected chi connectivity index (χ4v) is 4.96. The summed E-state index contributed by atoms with van der Waals surface area (Å²) in [6.07, 6.45) is 1.97. The Morgan fingerprint density at radius 3 is 2.43 bits per heavy atom. The Morgan fingerprint density at radius 2 is 1.89 bits per heavy atom. The Morgan fingerprint density at radius 1 is 1.25 bits per heavy atom. The van der Waals surface area contributed by atoms with Gasteiger partial charge in [-0.25, -0.2) is 17.4 Å². The Hall–Kier alpha value is -1.41. The zero-order valence-electron chi connectivity index (χ0n) is 18.4. The van der Waals surface area contributed by atoms with Gasteiger partial charge in [0.1, 0.15) is 5.82 Å². The summed E-state index contributed by atoms with van der Waals surface area (Å²) in [5.41, 5.74) is 0.495. The van der Waals surface area contributed by atoms with Gasteiger partial charge in [0.05, 0.1) is 22.9 Å². The van der Waals surface area contributed by atoms with Gasteiger partial charge in [-0.05, 0) is 40.0 Å². The second kappa shape index (κ2) is 8.14. The average molecular weight is 413 g/mol. The van der Waals surface area contributed by atoms with Gasteiger partial charge in [-0.1, -0.05) is 27.7 Å². The molecule has 1 atom stereocenters. The smallest absolute Gasteiger partial charge is 0.229 e. The van der Waals surface area contributed by atoms with Crippen LogP contribution in [0.3, 0.4) is 0 Å². The van der Waals surface area contributed by atoms with Crippen molar-refractivity contribution in [2.45, 2.75) is 78.7 Å². The predicted octanol–water partition coefficient (Wildman–Crippen LogP) is 3.33. The van der Waals surface area contributed by atoms with E-state index in [1.54, 1.807) is 0 Å². The fourth-order valence-electron chi connectivity index (χ4n) is 3.37. The van der Waals surface area contributed by atoms with E-state index in [0.29, 0.717) is 31.6 Å². The second-order valence-electron chi connectivity index (χ2n) is 9.75. The lowest BCUT2D eigenvalue weighted by Crippen LogP contribution is -2.44. The third kappa shape index (κ3) is 5.35. The molecule has 1 saturated heterocycles. The van der Waals surface area contributed by atoms with Gasteiger partial charge < -0.3 is 5.32 Å². The van der Waals surface area contributed by atoms with E-state index in [4.69, 9.17) is 5.10 Å². The molecule has 1 aromatic heterocycles. The predicted molar refractivity (Wildman–Crippen MR) is 113 cm³/mol. The molecule has 1 N–H and O–H groups in total. The van der Waals surface area contributed by atoms with E-state index in [1.165, 1.54) is 4.31 Å². The Balaban J connectivity index is 2.21. The average Bonchev–Trinajstić information content (AvgIpc) is 2.99. The molecule has 0 saturated carbocycles. The lowest BCUT2D eigenvalue weighted by molar-refractivity contribution is -0.120. The van der Waals surface area contributed by atoms with Crippen LogP contribution in [0.1, 0.15) is 73.4 Å². The van der Waals surface area contributed by atoms with Crippen LogP contribution in [0.25, 0.3) is 0 Å². The number of hydrogen-bond donors (Lipinski definition) is 1. The number of hydrogen-bond acceptors (Lipinski definition) is 4. The molecule has 160 valence electrons. The van der Waals surface area contributed by atoms with E-state index in [1.807, 2.05) is 38.4 Å². The zero-order valence-corrected chi connectivity index (χ0v) is 19.2. The van der Waals surface area contributed by atoms with Crippen LogP contribution in [0.5, 0.6) is 0 Å². The summed E-state index contributed by atoms with van der Waals surface area (Å²) in [6, 6.07) is 1.93. The van der Waals surface area contributed by atoms with E-state index in [0.717, 1.165) is 5.69 Å². The summed E-state index contributed by atoms with van der Waals surface area (Å²) in [5.74, 6) is 0.313. The first-order valence-corrected chi connectivity index (χ1v) is 11.8. The number of amides is 1. The molecule has 0 aromatic carbocycles. The zero-order chi connectivity index (χ0) is 21.3. The quantitative estimate of drug-likeness (QED) is 0.804. The van der Waals surface area contributed by atoms with E-state index in [9.17, 15) is 13.2 Å². The molecule has 0 aliphatic carbocycles. The second-order valence-corrected chi connectivity index (χ2v) is 11.8. The molecule has 1 fully saturated rings. The van der Waals surface area contributed by atoms with Gasteiger partial charge in [0.2, 0.25) is 15.9 Å². The fraction of sp³-hybridized carbons (Fsp3) is 0.800. The van der Waals surface area contributed by atoms with Crippen molar-refractivity contribution in [3.05, 3.63) is 11.8 Å². The SMILES string of the molecule is CCCS(=O)(=O)N1CCCC(C(=O)Nc2cc(C(C)(C)C)nn2C(C)(C)C)C1. The number of sulfonamides is 1. The number of nitrogens with one attached hydrogen (secondary N) is 1. The first-order valence-electron chi connectivity index (χ1n) is 10.2. The van der Waals surface area contributed by atoms with Crippen molar-refractivity contribution in [3.8, 4) is 0 Å². The van der Waals surface area contributed by atoms with Gasteiger partial charge >= 0.3 is 0 Å². The van der Waals surface area contributed by atoms with Gasteiger partial charge in [0, 0.05) is 24.6 Å². The molecular weight excluding hydrogens is 376 g/mol. The number of piperidine rings is 1. The van der Waals surface area contributed by atoms with Crippen molar-refractivity contribution in [2.75, 3.05) is 24.2 Å². The molecule has 28 heavy (non-hydrogen) atoms. The highest BCUT2D eigenvalue weighted by Gasteiger charge is 2.33. The van der Waals surface area contributed by atoms with Crippen LogP contribution in [0.2, 0.25) is 0 Å². The maximum Gasteiger partial charge on any atom is 0.229 e. The highest BCUT2D eigenvalue weighted by molar-refractivity contribution is 7.89. The third-order valence-electron chi connectivity index (χ3n) is 4.97. The van der Waals surface area contributed by atoms with Crippen LogP contribution >= 0.6 is 0 Å². The summed E-state index contributed by atoms with van der Waals surface area (Å²) >= 11 is 0. The summed E-state index contributed by atoms with van der Waals surface area (Å²) in [4.78, 5) is 13.0. The lowest BCUT2D eigenvalue weighted by atomic mass is 9.92. The monoisotopic (exact) mass is 412 g/mol. The van der Waals surface area contributed by atoms with E-state index >= 15 is 0 Å². The Labute approximate surface area is 169 Å². The van der Waals surface area contributed by atoms with Crippen LogP contribution in [0.4, 0.5) is 5.82 Å². The van der Waals surface area contributed by atoms with Crippen LogP contribution in [0.15, 0.2) is 6.07 Å². The van der Waals surface area contributed by atoms with Crippen LogP contribution in [-0.2, 0) is 25.8 Å². The number of nitrogens with zero attached hydrogens (tertiary/aromatic N) is 3. The molecule has 0 bridgehead atoms. The normalized spacial score (nSPS) is 19.6. The molecule has 1 aliphatic heterocycles.